The number of carbonyl (C=O) groups excluding carboxylic acids is 1. The van der Waals surface area contributed by atoms with E-state index in [4.69, 9.17) is 4.74 Å². The zero-order chi connectivity index (χ0) is 10.7. The molecule has 4 heteroatoms. The second-order valence-corrected chi connectivity index (χ2v) is 4.48. The number of carbonyl (C=O) groups is 1. The highest BCUT2D eigenvalue weighted by Gasteiger charge is 2.26. The van der Waals surface area contributed by atoms with Gasteiger partial charge in [0.15, 0.2) is 0 Å². The van der Waals surface area contributed by atoms with Crippen LogP contribution in [-0.4, -0.2) is 49.2 Å². The van der Waals surface area contributed by atoms with Gasteiger partial charge in [-0.2, -0.15) is 0 Å². The van der Waals surface area contributed by atoms with Crippen molar-refractivity contribution in [3.8, 4) is 0 Å². The Bertz CT molecular complexity index is 227. The lowest BCUT2D eigenvalue weighted by Crippen LogP contribution is -2.52. The molecule has 0 aromatic carbocycles. The largest absolute Gasteiger partial charge is 0.378 e. The Morgan fingerprint density at radius 1 is 1.60 bits per heavy atom. The third-order valence-electron chi connectivity index (χ3n) is 3.25. The molecule has 1 unspecified atom stereocenters. The van der Waals surface area contributed by atoms with Crippen molar-refractivity contribution in [2.24, 2.45) is 0 Å². The molecule has 86 valence electrons. The Labute approximate surface area is 91.0 Å². The molecular formula is C11H20N2O2. The van der Waals surface area contributed by atoms with E-state index in [9.17, 15) is 4.79 Å². The summed E-state index contributed by atoms with van der Waals surface area (Å²) >= 11 is 0. The number of hydrogen-bond acceptors (Lipinski definition) is 3. The summed E-state index contributed by atoms with van der Waals surface area (Å²) in [5.74, 6) is 0.260. The van der Waals surface area contributed by atoms with Gasteiger partial charge in [-0.25, -0.2) is 0 Å². The number of amides is 1. The van der Waals surface area contributed by atoms with Gasteiger partial charge < -0.3 is 15.0 Å². The van der Waals surface area contributed by atoms with Crippen molar-refractivity contribution in [1.29, 1.82) is 0 Å². The van der Waals surface area contributed by atoms with E-state index < -0.39 is 0 Å². The maximum Gasteiger partial charge on any atom is 0.225 e. The fraction of sp³-hybridized carbons (Fsp3) is 0.909. The van der Waals surface area contributed by atoms with E-state index >= 15 is 0 Å². The van der Waals surface area contributed by atoms with E-state index in [-0.39, 0.29) is 12.0 Å². The predicted octanol–water partition coefficient (Wildman–Crippen LogP) is 0.376. The summed E-state index contributed by atoms with van der Waals surface area (Å²) in [7, 11) is 0. The standard InChI is InChI=1S/C11H20N2O2/c1-9-8-12-4-5-13(9)11(14)7-10-3-2-6-15-10/h9-10,12H,2-8H2,1H3/t9-,10?/m1/s1. The molecule has 1 amide bonds. The predicted molar refractivity (Wildman–Crippen MR) is 57.6 cm³/mol. The molecule has 1 N–H and O–H groups in total. The highest BCUT2D eigenvalue weighted by Crippen LogP contribution is 2.17. The van der Waals surface area contributed by atoms with Gasteiger partial charge in [0.25, 0.3) is 0 Å². The number of hydrogen-bond donors (Lipinski definition) is 1. The van der Waals surface area contributed by atoms with Crippen LogP contribution in [0.25, 0.3) is 0 Å². The first kappa shape index (κ1) is 10.9. The second-order valence-electron chi connectivity index (χ2n) is 4.48. The quantitative estimate of drug-likeness (QED) is 0.719. The van der Waals surface area contributed by atoms with Gasteiger partial charge in [0.1, 0.15) is 0 Å². The molecule has 0 saturated carbocycles. The Morgan fingerprint density at radius 3 is 3.13 bits per heavy atom. The molecule has 2 fully saturated rings. The zero-order valence-electron chi connectivity index (χ0n) is 9.37. The van der Waals surface area contributed by atoms with Crippen LogP contribution >= 0.6 is 0 Å². The van der Waals surface area contributed by atoms with Crippen molar-refractivity contribution in [3.63, 3.8) is 0 Å². The minimum Gasteiger partial charge on any atom is -0.378 e. The summed E-state index contributed by atoms with van der Waals surface area (Å²) in [5, 5.41) is 3.29. The summed E-state index contributed by atoms with van der Waals surface area (Å²) < 4.78 is 5.49. The first-order chi connectivity index (χ1) is 7.27. The van der Waals surface area contributed by atoms with Crippen molar-refractivity contribution < 1.29 is 9.53 Å². The molecule has 2 saturated heterocycles. The molecule has 0 spiro atoms. The van der Waals surface area contributed by atoms with Gasteiger partial charge in [0.2, 0.25) is 5.91 Å². The van der Waals surface area contributed by atoms with E-state index in [2.05, 4.69) is 12.2 Å². The van der Waals surface area contributed by atoms with Gasteiger partial charge >= 0.3 is 0 Å². The molecule has 2 aliphatic rings. The average molecular weight is 212 g/mol. The van der Waals surface area contributed by atoms with Crippen molar-refractivity contribution in [3.05, 3.63) is 0 Å². The minimum atomic E-state index is 0.180. The Morgan fingerprint density at radius 2 is 2.47 bits per heavy atom. The first-order valence-electron chi connectivity index (χ1n) is 5.89. The fourth-order valence-corrected chi connectivity index (χ4v) is 2.33. The van der Waals surface area contributed by atoms with Crippen LogP contribution in [0, 0.1) is 0 Å². The zero-order valence-corrected chi connectivity index (χ0v) is 9.37. The Hall–Kier alpha value is -0.610. The topological polar surface area (TPSA) is 41.6 Å². The molecule has 0 bridgehead atoms. The number of nitrogens with zero attached hydrogens (tertiary/aromatic N) is 1. The van der Waals surface area contributed by atoms with Gasteiger partial charge in [0.05, 0.1) is 12.5 Å². The number of rotatable bonds is 2. The van der Waals surface area contributed by atoms with Crippen molar-refractivity contribution in [2.45, 2.75) is 38.3 Å². The molecule has 2 atom stereocenters. The van der Waals surface area contributed by atoms with E-state index in [0.717, 1.165) is 39.1 Å². The lowest BCUT2D eigenvalue weighted by Gasteiger charge is -2.34. The SMILES string of the molecule is C[C@@H]1CNCCN1C(=O)CC1CCCO1. The van der Waals surface area contributed by atoms with Crippen LogP contribution < -0.4 is 5.32 Å². The molecule has 0 radical (unpaired) electrons. The van der Waals surface area contributed by atoms with Gasteiger partial charge in [-0.1, -0.05) is 0 Å². The molecule has 0 aliphatic carbocycles. The molecule has 2 aliphatic heterocycles. The van der Waals surface area contributed by atoms with Crippen molar-refractivity contribution in [2.75, 3.05) is 26.2 Å². The van der Waals surface area contributed by atoms with Crippen LogP contribution in [0.15, 0.2) is 0 Å². The van der Waals surface area contributed by atoms with E-state index in [1.54, 1.807) is 0 Å². The first-order valence-corrected chi connectivity index (χ1v) is 5.89. The van der Waals surface area contributed by atoms with Crippen LogP contribution in [-0.2, 0) is 9.53 Å². The number of piperazine rings is 1. The third-order valence-corrected chi connectivity index (χ3v) is 3.25. The van der Waals surface area contributed by atoms with Gasteiger partial charge in [-0.05, 0) is 19.8 Å². The maximum absolute atomic E-state index is 12.0. The third kappa shape index (κ3) is 2.69. The molecule has 15 heavy (non-hydrogen) atoms. The summed E-state index contributed by atoms with van der Waals surface area (Å²) in [6.07, 6.45) is 2.91. The molecule has 2 heterocycles. The van der Waals surface area contributed by atoms with Crippen LogP contribution in [0.1, 0.15) is 26.2 Å². The molecule has 0 aromatic heterocycles. The summed E-state index contributed by atoms with van der Waals surface area (Å²) in [6.45, 7) is 5.60. The summed E-state index contributed by atoms with van der Waals surface area (Å²) in [6, 6.07) is 0.327. The fourth-order valence-electron chi connectivity index (χ4n) is 2.33. The number of nitrogens with one attached hydrogen (secondary N) is 1. The van der Waals surface area contributed by atoms with Gasteiger partial charge in [0, 0.05) is 32.3 Å². The monoisotopic (exact) mass is 212 g/mol. The second kappa shape index (κ2) is 4.94. The summed E-state index contributed by atoms with van der Waals surface area (Å²) in [4.78, 5) is 14.0. The van der Waals surface area contributed by atoms with Crippen molar-refractivity contribution in [1.82, 2.24) is 10.2 Å². The van der Waals surface area contributed by atoms with Crippen LogP contribution in [0.2, 0.25) is 0 Å². The van der Waals surface area contributed by atoms with Crippen LogP contribution in [0.4, 0.5) is 0 Å². The minimum absolute atomic E-state index is 0.180. The lowest BCUT2D eigenvalue weighted by molar-refractivity contribution is -0.136. The van der Waals surface area contributed by atoms with E-state index in [1.165, 1.54) is 0 Å². The van der Waals surface area contributed by atoms with Gasteiger partial charge in [-0.3, -0.25) is 4.79 Å². The summed E-state index contributed by atoms with van der Waals surface area (Å²) in [5.41, 5.74) is 0. The van der Waals surface area contributed by atoms with Crippen LogP contribution in [0.3, 0.4) is 0 Å². The Kier molecular flexibility index (Phi) is 3.59. The Balaban J connectivity index is 1.83. The average Bonchev–Trinajstić information content (AvgIpc) is 2.71. The molecule has 4 nitrogen and oxygen atoms in total. The van der Waals surface area contributed by atoms with Crippen molar-refractivity contribution >= 4 is 5.91 Å². The van der Waals surface area contributed by atoms with Crippen LogP contribution in [0.5, 0.6) is 0 Å². The van der Waals surface area contributed by atoms with Gasteiger partial charge in [-0.15, -0.1) is 0 Å². The molecular weight excluding hydrogens is 192 g/mol. The van der Waals surface area contributed by atoms with E-state index in [0.29, 0.717) is 12.5 Å². The lowest BCUT2D eigenvalue weighted by atomic mass is 10.1. The molecule has 2 rings (SSSR count). The normalized spacial score (nSPS) is 31.9. The highest BCUT2D eigenvalue weighted by molar-refractivity contribution is 5.77. The smallest absolute Gasteiger partial charge is 0.225 e. The molecule has 0 aromatic rings. The number of ether oxygens (including phenoxy) is 1. The highest BCUT2D eigenvalue weighted by atomic mass is 16.5. The maximum atomic E-state index is 12.0. The van der Waals surface area contributed by atoms with E-state index in [1.807, 2.05) is 4.90 Å².